The molecule has 2 amide bonds. The summed E-state index contributed by atoms with van der Waals surface area (Å²) in [7, 11) is 0. The van der Waals surface area contributed by atoms with E-state index in [0.717, 1.165) is 18.4 Å². The minimum absolute atomic E-state index is 0.0578. The number of carbonyl (C=O) groups is 2. The molecule has 3 unspecified atom stereocenters. The van der Waals surface area contributed by atoms with Gasteiger partial charge in [0.25, 0.3) is 5.91 Å². The van der Waals surface area contributed by atoms with Crippen LogP contribution >= 0.6 is 0 Å². The summed E-state index contributed by atoms with van der Waals surface area (Å²) in [5.74, 6) is 0.989. The fourth-order valence-electron chi connectivity index (χ4n) is 3.07. The van der Waals surface area contributed by atoms with E-state index in [9.17, 15) is 9.59 Å². The molecule has 0 aliphatic heterocycles. The van der Waals surface area contributed by atoms with Crippen LogP contribution in [0.3, 0.4) is 0 Å². The number of hydrogen-bond donors (Lipinski definition) is 2. The highest BCUT2D eigenvalue weighted by Crippen LogP contribution is 2.28. The summed E-state index contributed by atoms with van der Waals surface area (Å²) in [6, 6.07) is 5.67. The minimum atomic E-state index is -0.129. The van der Waals surface area contributed by atoms with Crippen LogP contribution in [0.25, 0.3) is 0 Å². The van der Waals surface area contributed by atoms with Gasteiger partial charge in [-0.3, -0.25) is 9.59 Å². The van der Waals surface area contributed by atoms with Crippen molar-refractivity contribution in [3.63, 3.8) is 0 Å². The molecule has 2 rings (SSSR count). The van der Waals surface area contributed by atoms with Crippen LogP contribution in [0, 0.1) is 18.8 Å². The fourth-order valence-corrected chi connectivity index (χ4v) is 3.07. The third-order valence-electron chi connectivity index (χ3n) is 4.58. The van der Waals surface area contributed by atoms with Crippen molar-refractivity contribution in [2.45, 2.75) is 53.0 Å². The van der Waals surface area contributed by atoms with Gasteiger partial charge in [-0.1, -0.05) is 26.3 Å². The topological polar surface area (TPSA) is 58.2 Å². The average molecular weight is 302 g/mol. The number of rotatable bonds is 3. The summed E-state index contributed by atoms with van der Waals surface area (Å²) >= 11 is 0. The number of aryl methyl sites for hydroxylation is 1. The van der Waals surface area contributed by atoms with Gasteiger partial charge in [0.1, 0.15) is 0 Å². The smallest absolute Gasteiger partial charge is 0.251 e. The van der Waals surface area contributed by atoms with Crippen molar-refractivity contribution in [2.75, 3.05) is 5.32 Å². The number of hydrogen-bond acceptors (Lipinski definition) is 2. The van der Waals surface area contributed by atoms with Crippen LogP contribution in [0.1, 0.15) is 56.0 Å². The second-order valence-electron chi connectivity index (χ2n) is 6.69. The van der Waals surface area contributed by atoms with Crippen LogP contribution in [0.4, 0.5) is 5.69 Å². The van der Waals surface area contributed by atoms with Crippen LogP contribution in [0.5, 0.6) is 0 Å². The van der Waals surface area contributed by atoms with E-state index in [1.165, 1.54) is 13.3 Å². The monoisotopic (exact) mass is 302 g/mol. The van der Waals surface area contributed by atoms with Crippen LogP contribution in [0.15, 0.2) is 18.2 Å². The zero-order chi connectivity index (χ0) is 16.3. The molecule has 2 N–H and O–H groups in total. The average Bonchev–Trinajstić information content (AvgIpc) is 2.44. The molecule has 120 valence electrons. The Hall–Kier alpha value is -1.84. The maximum atomic E-state index is 12.5. The Labute approximate surface area is 132 Å². The lowest BCUT2D eigenvalue weighted by atomic mass is 9.80. The van der Waals surface area contributed by atoms with Gasteiger partial charge in [0, 0.05) is 24.2 Å². The first-order valence-corrected chi connectivity index (χ1v) is 8.06. The van der Waals surface area contributed by atoms with Gasteiger partial charge in [-0.25, -0.2) is 0 Å². The predicted molar refractivity (Wildman–Crippen MR) is 88.9 cm³/mol. The quantitative estimate of drug-likeness (QED) is 0.897. The fraction of sp³-hybridized carbons (Fsp3) is 0.556. The third kappa shape index (κ3) is 4.09. The lowest BCUT2D eigenvalue weighted by Gasteiger charge is -2.33. The van der Waals surface area contributed by atoms with Crippen molar-refractivity contribution < 1.29 is 9.59 Å². The maximum absolute atomic E-state index is 12.5. The summed E-state index contributed by atoms with van der Waals surface area (Å²) < 4.78 is 0. The van der Waals surface area contributed by atoms with Gasteiger partial charge in [-0.2, -0.15) is 0 Å². The minimum Gasteiger partial charge on any atom is -0.349 e. The molecule has 0 bridgehead atoms. The van der Waals surface area contributed by atoms with Gasteiger partial charge >= 0.3 is 0 Å². The first-order valence-electron chi connectivity index (χ1n) is 8.06. The van der Waals surface area contributed by atoms with Crippen molar-refractivity contribution in [3.8, 4) is 0 Å². The van der Waals surface area contributed by atoms with Gasteiger partial charge in [-0.05, 0) is 49.3 Å². The molecule has 3 atom stereocenters. The molecule has 4 heteroatoms. The van der Waals surface area contributed by atoms with E-state index >= 15 is 0 Å². The molecule has 0 heterocycles. The normalized spacial score (nSPS) is 24.6. The highest BCUT2D eigenvalue weighted by Gasteiger charge is 2.27. The van der Waals surface area contributed by atoms with Crippen LogP contribution in [-0.2, 0) is 4.79 Å². The molecule has 1 aliphatic rings. The Morgan fingerprint density at radius 2 is 1.91 bits per heavy atom. The maximum Gasteiger partial charge on any atom is 0.251 e. The molecule has 22 heavy (non-hydrogen) atoms. The van der Waals surface area contributed by atoms with E-state index in [1.807, 2.05) is 19.1 Å². The van der Waals surface area contributed by atoms with Gasteiger partial charge < -0.3 is 10.6 Å². The standard InChI is InChI=1S/C18H26N2O2/c1-11-5-6-12(2)16(9-11)20-18(22)15-8-7-13(3)17(10-15)19-14(4)21/h7-8,10-12,16H,5-6,9H2,1-4H3,(H,19,21)(H,20,22). The van der Waals surface area contributed by atoms with Gasteiger partial charge in [-0.15, -0.1) is 0 Å². The van der Waals surface area contributed by atoms with Crippen LogP contribution in [0.2, 0.25) is 0 Å². The highest BCUT2D eigenvalue weighted by molar-refractivity contribution is 5.97. The zero-order valence-electron chi connectivity index (χ0n) is 13.9. The lowest BCUT2D eigenvalue weighted by molar-refractivity contribution is -0.114. The molecular weight excluding hydrogens is 276 g/mol. The number of anilines is 1. The second-order valence-corrected chi connectivity index (χ2v) is 6.69. The summed E-state index contributed by atoms with van der Waals surface area (Å²) in [6.45, 7) is 7.83. The van der Waals surface area contributed by atoms with Crippen molar-refractivity contribution in [1.82, 2.24) is 5.32 Å². The number of amides is 2. The van der Waals surface area contributed by atoms with E-state index in [4.69, 9.17) is 0 Å². The molecule has 0 aromatic heterocycles. The highest BCUT2D eigenvalue weighted by atomic mass is 16.2. The van der Waals surface area contributed by atoms with E-state index in [1.54, 1.807) is 6.07 Å². The van der Waals surface area contributed by atoms with Crippen molar-refractivity contribution in [3.05, 3.63) is 29.3 Å². The van der Waals surface area contributed by atoms with Crippen LogP contribution < -0.4 is 10.6 Å². The summed E-state index contributed by atoms with van der Waals surface area (Å²) in [5.41, 5.74) is 2.25. The van der Waals surface area contributed by atoms with Crippen LogP contribution in [-0.4, -0.2) is 17.9 Å². The number of carbonyl (C=O) groups excluding carboxylic acids is 2. The largest absolute Gasteiger partial charge is 0.349 e. The second kappa shape index (κ2) is 6.95. The molecule has 1 aliphatic carbocycles. The molecule has 0 saturated heterocycles. The molecule has 0 spiro atoms. The predicted octanol–water partition coefficient (Wildman–Crippen LogP) is 3.51. The summed E-state index contributed by atoms with van der Waals surface area (Å²) in [5, 5.41) is 5.93. The first kappa shape index (κ1) is 16.5. The third-order valence-corrected chi connectivity index (χ3v) is 4.58. The van der Waals surface area contributed by atoms with Gasteiger partial charge in [0.15, 0.2) is 0 Å². The van der Waals surface area contributed by atoms with Gasteiger partial charge in [0.05, 0.1) is 0 Å². The molecule has 4 nitrogen and oxygen atoms in total. The van der Waals surface area contributed by atoms with Crippen molar-refractivity contribution >= 4 is 17.5 Å². The molecule has 1 saturated carbocycles. The van der Waals surface area contributed by atoms with E-state index in [2.05, 4.69) is 24.5 Å². The number of benzene rings is 1. The molecular formula is C18H26N2O2. The number of nitrogens with one attached hydrogen (secondary N) is 2. The summed E-state index contributed by atoms with van der Waals surface area (Å²) in [4.78, 5) is 23.7. The van der Waals surface area contributed by atoms with E-state index in [-0.39, 0.29) is 17.9 Å². The zero-order valence-corrected chi connectivity index (χ0v) is 13.9. The van der Waals surface area contributed by atoms with Crippen molar-refractivity contribution in [2.24, 2.45) is 11.8 Å². The molecule has 1 fully saturated rings. The van der Waals surface area contributed by atoms with Crippen molar-refractivity contribution in [1.29, 1.82) is 0 Å². The Bertz CT molecular complexity index is 568. The summed E-state index contributed by atoms with van der Waals surface area (Å²) in [6.07, 6.45) is 3.44. The SMILES string of the molecule is CC(=O)Nc1cc(C(=O)NC2CC(C)CCC2C)ccc1C. The molecule has 1 aromatic carbocycles. The first-order chi connectivity index (χ1) is 10.4. The van der Waals surface area contributed by atoms with E-state index in [0.29, 0.717) is 23.1 Å². The molecule has 1 aromatic rings. The van der Waals surface area contributed by atoms with E-state index < -0.39 is 0 Å². The molecule has 0 radical (unpaired) electrons. The Morgan fingerprint density at radius 3 is 2.59 bits per heavy atom. The van der Waals surface area contributed by atoms with Gasteiger partial charge in [0.2, 0.25) is 5.91 Å². The Balaban J connectivity index is 2.10. The Kier molecular flexibility index (Phi) is 5.22. The lowest BCUT2D eigenvalue weighted by Crippen LogP contribution is -2.42. The Morgan fingerprint density at radius 1 is 1.18 bits per heavy atom.